The number of benzene rings is 2. The Morgan fingerprint density at radius 1 is 1.04 bits per heavy atom. The van der Waals surface area contributed by atoms with Gasteiger partial charge in [-0.15, -0.1) is 0 Å². The molecular weight excluding hydrogens is 336 g/mol. The van der Waals surface area contributed by atoms with Crippen LogP contribution < -0.4 is 15.4 Å². The van der Waals surface area contributed by atoms with E-state index in [-0.39, 0.29) is 17.2 Å². The molecule has 7 nitrogen and oxygen atoms in total. The highest BCUT2D eigenvalue weighted by Gasteiger charge is 2.23. The zero-order valence-corrected chi connectivity index (χ0v) is 14.5. The number of nitrogens with two attached hydrogens (primary N) is 1. The molecule has 0 aromatic heterocycles. The highest BCUT2D eigenvalue weighted by atomic mass is 16.6. The fourth-order valence-electron chi connectivity index (χ4n) is 2.27. The van der Waals surface area contributed by atoms with Gasteiger partial charge < -0.3 is 20.1 Å². The molecule has 2 amide bonds. The molecule has 0 radical (unpaired) electrons. The van der Waals surface area contributed by atoms with Crippen LogP contribution in [0.15, 0.2) is 54.6 Å². The van der Waals surface area contributed by atoms with Crippen LogP contribution in [-0.2, 0) is 14.3 Å². The van der Waals surface area contributed by atoms with Crippen molar-refractivity contribution >= 4 is 23.5 Å². The minimum absolute atomic E-state index is 0.160. The van der Waals surface area contributed by atoms with Crippen molar-refractivity contribution in [3.8, 4) is 5.75 Å². The van der Waals surface area contributed by atoms with Gasteiger partial charge in [0, 0.05) is 12.7 Å². The molecule has 1 atom stereocenters. The number of esters is 1. The number of rotatable bonds is 7. The predicted molar refractivity (Wildman–Crippen MR) is 95.9 cm³/mol. The summed E-state index contributed by atoms with van der Waals surface area (Å²) >= 11 is 0. The molecule has 136 valence electrons. The van der Waals surface area contributed by atoms with Crippen LogP contribution in [0.2, 0.25) is 0 Å². The van der Waals surface area contributed by atoms with E-state index in [0.717, 1.165) is 0 Å². The quantitative estimate of drug-likeness (QED) is 0.762. The van der Waals surface area contributed by atoms with Crippen LogP contribution in [0.4, 0.5) is 5.69 Å². The molecule has 26 heavy (non-hydrogen) atoms. The Labute approximate surface area is 151 Å². The van der Waals surface area contributed by atoms with Gasteiger partial charge >= 0.3 is 5.97 Å². The van der Waals surface area contributed by atoms with E-state index in [1.165, 1.54) is 24.0 Å². The Bertz CT molecular complexity index is 792. The third-order valence-electron chi connectivity index (χ3n) is 3.63. The summed E-state index contributed by atoms with van der Waals surface area (Å²) in [6, 6.07) is 15.3. The topological polar surface area (TPSA) is 98.9 Å². The number of amides is 2. The molecule has 0 fully saturated rings. The predicted octanol–water partition coefficient (Wildman–Crippen LogP) is 1.76. The lowest BCUT2D eigenvalue weighted by Crippen LogP contribution is -2.38. The summed E-state index contributed by atoms with van der Waals surface area (Å²) in [6.07, 6.45) is -0.984. The molecule has 0 aliphatic heterocycles. The van der Waals surface area contributed by atoms with Crippen molar-refractivity contribution in [3.63, 3.8) is 0 Å². The lowest BCUT2D eigenvalue weighted by molar-refractivity contribution is -0.155. The van der Waals surface area contributed by atoms with E-state index >= 15 is 0 Å². The van der Waals surface area contributed by atoms with Crippen molar-refractivity contribution in [2.75, 3.05) is 18.6 Å². The van der Waals surface area contributed by atoms with Gasteiger partial charge in [-0.2, -0.15) is 0 Å². The molecule has 2 rings (SSSR count). The summed E-state index contributed by atoms with van der Waals surface area (Å²) in [4.78, 5) is 37.0. The summed E-state index contributed by atoms with van der Waals surface area (Å²) in [7, 11) is 1.60. The molecule has 0 aliphatic carbocycles. The number of para-hydroxylation sites is 2. The van der Waals surface area contributed by atoms with Crippen molar-refractivity contribution in [2.45, 2.75) is 13.0 Å². The number of nitrogens with zero attached hydrogens (tertiary/aromatic N) is 1. The molecule has 0 bridgehead atoms. The Morgan fingerprint density at radius 3 is 2.31 bits per heavy atom. The molecule has 0 aliphatic rings. The van der Waals surface area contributed by atoms with Crippen molar-refractivity contribution in [3.05, 3.63) is 60.2 Å². The number of ether oxygens (including phenoxy) is 2. The average Bonchev–Trinajstić information content (AvgIpc) is 2.66. The van der Waals surface area contributed by atoms with E-state index in [9.17, 15) is 14.4 Å². The van der Waals surface area contributed by atoms with Gasteiger partial charge in [0.25, 0.3) is 11.8 Å². The molecular formula is C19H20N2O5. The Hall–Kier alpha value is -3.35. The van der Waals surface area contributed by atoms with Crippen LogP contribution in [0.25, 0.3) is 0 Å². The first kappa shape index (κ1) is 19.0. The standard InChI is InChI=1S/C19H20N2O5/c1-13(19(24)21(2)14-8-4-3-5-9-14)26-17(22)12-25-16-11-7-6-10-15(16)18(20)23/h3-11,13H,12H2,1-2H3,(H2,20,23)/t13-/m0/s1. The summed E-state index contributed by atoms with van der Waals surface area (Å²) in [5.74, 6) is -1.59. The molecule has 0 unspecified atom stereocenters. The minimum Gasteiger partial charge on any atom is -0.481 e. The summed E-state index contributed by atoms with van der Waals surface area (Å²) in [5, 5.41) is 0. The van der Waals surface area contributed by atoms with Crippen LogP contribution in [0.1, 0.15) is 17.3 Å². The number of anilines is 1. The number of likely N-dealkylation sites (N-methyl/N-ethyl adjacent to an activating group) is 1. The van der Waals surface area contributed by atoms with Gasteiger partial charge in [-0.05, 0) is 31.2 Å². The maximum Gasteiger partial charge on any atom is 0.344 e. The first-order valence-electron chi connectivity index (χ1n) is 7.94. The third-order valence-corrected chi connectivity index (χ3v) is 3.63. The molecule has 0 saturated carbocycles. The molecule has 2 N–H and O–H groups in total. The Balaban J connectivity index is 1.91. The van der Waals surface area contributed by atoms with Crippen LogP contribution >= 0.6 is 0 Å². The van der Waals surface area contributed by atoms with Gasteiger partial charge in [0.1, 0.15) is 5.75 Å². The number of primary amides is 1. The average molecular weight is 356 g/mol. The van der Waals surface area contributed by atoms with Crippen molar-refractivity contribution < 1.29 is 23.9 Å². The fourth-order valence-corrected chi connectivity index (χ4v) is 2.27. The summed E-state index contributed by atoms with van der Waals surface area (Å²) < 4.78 is 10.4. The van der Waals surface area contributed by atoms with E-state index < -0.39 is 24.6 Å². The van der Waals surface area contributed by atoms with Crippen LogP contribution in [0.3, 0.4) is 0 Å². The SMILES string of the molecule is C[C@H](OC(=O)COc1ccccc1C(N)=O)C(=O)N(C)c1ccccc1. The van der Waals surface area contributed by atoms with Gasteiger partial charge in [0.2, 0.25) is 0 Å². The lowest BCUT2D eigenvalue weighted by Gasteiger charge is -2.21. The normalized spacial score (nSPS) is 11.3. The van der Waals surface area contributed by atoms with E-state index in [0.29, 0.717) is 5.69 Å². The molecule has 0 saturated heterocycles. The largest absolute Gasteiger partial charge is 0.481 e. The first-order valence-corrected chi connectivity index (χ1v) is 7.94. The molecule has 7 heteroatoms. The maximum absolute atomic E-state index is 12.3. The van der Waals surface area contributed by atoms with Gasteiger partial charge in [0.15, 0.2) is 12.7 Å². The zero-order chi connectivity index (χ0) is 19.1. The first-order chi connectivity index (χ1) is 12.4. The van der Waals surface area contributed by atoms with Crippen LogP contribution in [0.5, 0.6) is 5.75 Å². The molecule has 0 heterocycles. The van der Waals surface area contributed by atoms with Gasteiger partial charge in [-0.1, -0.05) is 30.3 Å². The monoisotopic (exact) mass is 356 g/mol. The third kappa shape index (κ3) is 4.83. The zero-order valence-electron chi connectivity index (χ0n) is 14.5. The number of hydrogen-bond acceptors (Lipinski definition) is 5. The fraction of sp³-hybridized carbons (Fsp3) is 0.211. The number of carbonyl (C=O) groups excluding carboxylic acids is 3. The van der Waals surface area contributed by atoms with Crippen molar-refractivity contribution in [1.29, 1.82) is 0 Å². The van der Waals surface area contributed by atoms with Crippen LogP contribution in [0, 0.1) is 0 Å². The van der Waals surface area contributed by atoms with E-state index in [1.807, 2.05) is 6.07 Å². The summed E-state index contributed by atoms with van der Waals surface area (Å²) in [6.45, 7) is 1.04. The van der Waals surface area contributed by atoms with Crippen molar-refractivity contribution in [2.24, 2.45) is 5.73 Å². The van der Waals surface area contributed by atoms with E-state index in [1.54, 1.807) is 43.4 Å². The second-order valence-electron chi connectivity index (χ2n) is 5.51. The molecule has 2 aromatic rings. The highest BCUT2D eigenvalue weighted by molar-refractivity contribution is 5.97. The van der Waals surface area contributed by atoms with Gasteiger partial charge in [0.05, 0.1) is 5.56 Å². The van der Waals surface area contributed by atoms with E-state index in [2.05, 4.69) is 0 Å². The van der Waals surface area contributed by atoms with Gasteiger partial charge in [-0.25, -0.2) is 4.79 Å². The maximum atomic E-state index is 12.3. The van der Waals surface area contributed by atoms with E-state index in [4.69, 9.17) is 15.2 Å². The molecule has 2 aromatic carbocycles. The number of carbonyl (C=O) groups is 3. The lowest BCUT2D eigenvalue weighted by atomic mass is 10.2. The van der Waals surface area contributed by atoms with Gasteiger partial charge in [-0.3, -0.25) is 9.59 Å². The van der Waals surface area contributed by atoms with Crippen LogP contribution in [-0.4, -0.2) is 37.5 Å². The smallest absolute Gasteiger partial charge is 0.344 e. The Morgan fingerprint density at radius 2 is 1.65 bits per heavy atom. The summed E-state index contributed by atoms with van der Waals surface area (Å²) in [5.41, 5.74) is 6.09. The minimum atomic E-state index is -0.984. The van der Waals surface area contributed by atoms with Crippen molar-refractivity contribution in [1.82, 2.24) is 0 Å². The molecule has 0 spiro atoms. The second-order valence-corrected chi connectivity index (χ2v) is 5.51. The highest BCUT2D eigenvalue weighted by Crippen LogP contribution is 2.17. The second kappa shape index (κ2) is 8.66. The Kier molecular flexibility index (Phi) is 6.32. The number of hydrogen-bond donors (Lipinski definition) is 1.